The Kier molecular flexibility index (Phi) is 13.9. The van der Waals surface area contributed by atoms with Crippen LogP contribution < -0.4 is 35.2 Å². The smallest absolute Gasteiger partial charge is 1.00 e. The van der Waals surface area contributed by atoms with Crippen LogP contribution in [0.5, 0.6) is 0 Å². The summed E-state index contributed by atoms with van der Waals surface area (Å²) in [5.41, 5.74) is 18.7. The molecule has 58 heavy (non-hydrogen) atoms. The van der Waals surface area contributed by atoms with E-state index in [9.17, 15) is 0 Å². The minimum atomic E-state index is -2.38. The Morgan fingerprint density at radius 2 is 0.897 bits per heavy atom. The molecule has 0 atom stereocenters. The van der Waals surface area contributed by atoms with Gasteiger partial charge in [-0.3, -0.25) is 0 Å². The maximum Gasteiger partial charge on any atom is 4.00 e. The molecule has 6 aromatic rings. The van der Waals surface area contributed by atoms with E-state index >= 15 is 0 Å². The molecule has 0 nitrogen and oxygen atoms in total. The molecule has 0 saturated carbocycles. The van der Waals surface area contributed by atoms with Crippen molar-refractivity contribution >= 4 is 40.0 Å². The van der Waals surface area contributed by atoms with Crippen molar-refractivity contribution in [2.75, 3.05) is 0 Å². The third kappa shape index (κ3) is 8.37. The Balaban J connectivity index is 0.00000214. The molecule has 0 heterocycles. The Hall–Kier alpha value is -2.23. The molecular weight excluding hydrogens is 926 g/mol. The standard InChI is InChI=1S/C54H66Si.2ClH.Hf/c1-33(2)27-41-31-39-29-37-15-13-17-45(37)47(35-19-23-43(24-20-35)53(5,6)7)49(39)51(41)55(11,12)52-42(28-34(3)4)32-40-30-38-16-14-18-46(38)48(50(40)52)36-21-25-44(26-22-36)54(8,9)10;;;/h19-26,29-34H,13-18,27-28H2,1-12H3;2*1H;/q-2;;;+4/p-2. The van der Waals surface area contributed by atoms with E-state index in [1.165, 1.54) is 71.6 Å². The molecule has 0 bridgehead atoms. The van der Waals surface area contributed by atoms with Gasteiger partial charge in [-0.15, -0.1) is 56.9 Å². The summed E-state index contributed by atoms with van der Waals surface area (Å²) in [7, 11) is -2.38. The van der Waals surface area contributed by atoms with Gasteiger partial charge in [-0.05, 0) is 96.3 Å². The molecule has 2 aliphatic carbocycles. The van der Waals surface area contributed by atoms with Gasteiger partial charge >= 0.3 is 25.8 Å². The predicted octanol–water partition coefficient (Wildman–Crippen LogP) is 7.56. The summed E-state index contributed by atoms with van der Waals surface area (Å²) in [5, 5.41) is 9.57. The van der Waals surface area contributed by atoms with E-state index in [0.29, 0.717) is 11.8 Å². The zero-order chi connectivity index (χ0) is 39.2. The molecule has 6 aromatic carbocycles. The normalized spacial score (nSPS) is 14.2. The van der Waals surface area contributed by atoms with Crippen molar-refractivity contribution in [1.29, 1.82) is 0 Å². The van der Waals surface area contributed by atoms with Gasteiger partial charge in [-0.2, -0.15) is 10.4 Å². The zero-order valence-corrected chi connectivity index (χ0v) is 43.6. The van der Waals surface area contributed by atoms with Crippen LogP contribution in [0.3, 0.4) is 0 Å². The first-order valence-corrected chi connectivity index (χ1v) is 24.7. The maximum absolute atomic E-state index is 2.74. The molecule has 2 aliphatic rings. The van der Waals surface area contributed by atoms with E-state index in [0.717, 1.165) is 12.8 Å². The van der Waals surface area contributed by atoms with Gasteiger partial charge in [-0.25, -0.2) is 0 Å². The molecule has 4 heteroatoms. The topological polar surface area (TPSA) is 0 Å². The first-order chi connectivity index (χ1) is 25.9. The SMILES string of the molecule is CC(C)Cc1[cH-]c2cc3c(c(-c4ccc(C(C)(C)C)cc4)c2c1[Si](C)(C)c1c(CC(C)C)[cH-]c2cc4c(c(-c5ccc(C(C)(C)C)cc5)c12)CCC4)CCC3.[Cl-].[Cl-].[Hf+4]. The number of halogens is 2. The van der Waals surface area contributed by atoms with Gasteiger partial charge in [0.2, 0.25) is 0 Å². The van der Waals surface area contributed by atoms with Crippen LogP contribution in [0.4, 0.5) is 0 Å². The Morgan fingerprint density at radius 1 is 0.552 bits per heavy atom. The number of aryl methyl sites for hydroxylation is 2. The average molecular weight is 993 g/mol. The number of hydrogen-bond donors (Lipinski definition) is 0. The van der Waals surface area contributed by atoms with Crippen molar-refractivity contribution in [3.05, 3.63) is 117 Å². The van der Waals surface area contributed by atoms with E-state index in [4.69, 9.17) is 0 Å². The second kappa shape index (κ2) is 17.3. The summed E-state index contributed by atoms with van der Waals surface area (Å²) in [6, 6.07) is 30.1. The third-order valence-corrected chi connectivity index (χ3v) is 16.9. The minimum Gasteiger partial charge on any atom is -1.00 e. The molecule has 304 valence electrons. The van der Waals surface area contributed by atoms with E-state index in [1.807, 2.05) is 0 Å². The first kappa shape index (κ1) is 46.8. The van der Waals surface area contributed by atoms with Gasteiger partial charge in [0.25, 0.3) is 0 Å². The van der Waals surface area contributed by atoms with Gasteiger partial charge < -0.3 is 24.8 Å². The summed E-state index contributed by atoms with van der Waals surface area (Å²) in [6.07, 6.45) is 9.56. The summed E-state index contributed by atoms with van der Waals surface area (Å²) in [6.45, 7) is 29.2. The summed E-state index contributed by atoms with van der Waals surface area (Å²) >= 11 is 0. The van der Waals surface area contributed by atoms with Gasteiger partial charge in [0.05, 0.1) is 0 Å². The second-order valence-electron chi connectivity index (χ2n) is 21.0. The molecule has 0 saturated heterocycles. The van der Waals surface area contributed by atoms with Crippen LogP contribution in [-0.4, -0.2) is 8.07 Å². The fourth-order valence-electron chi connectivity index (χ4n) is 10.8. The largest absolute Gasteiger partial charge is 4.00 e. The van der Waals surface area contributed by atoms with Crippen molar-refractivity contribution in [3.8, 4) is 22.3 Å². The van der Waals surface area contributed by atoms with Crippen molar-refractivity contribution in [1.82, 2.24) is 0 Å². The molecule has 0 radical (unpaired) electrons. The first-order valence-electron chi connectivity index (χ1n) is 21.7. The van der Waals surface area contributed by atoms with Crippen molar-refractivity contribution in [2.45, 2.75) is 145 Å². The molecule has 0 aliphatic heterocycles. The van der Waals surface area contributed by atoms with Crippen molar-refractivity contribution in [2.24, 2.45) is 11.8 Å². The number of rotatable bonds is 8. The van der Waals surface area contributed by atoms with E-state index in [2.05, 4.69) is 155 Å². The van der Waals surface area contributed by atoms with Crippen LogP contribution >= 0.6 is 0 Å². The molecule has 0 N–H and O–H groups in total. The number of benzene rings is 4. The van der Waals surface area contributed by atoms with Crippen molar-refractivity contribution in [3.63, 3.8) is 0 Å². The van der Waals surface area contributed by atoms with Gasteiger partial charge in [0.15, 0.2) is 0 Å². The van der Waals surface area contributed by atoms with E-state index in [1.54, 1.807) is 65.7 Å². The average Bonchev–Trinajstić information content (AvgIpc) is 3.90. The van der Waals surface area contributed by atoms with E-state index < -0.39 is 8.07 Å². The molecule has 0 amide bonds. The van der Waals surface area contributed by atoms with Gasteiger partial charge in [-0.1, -0.05) is 164 Å². The molecule has 0 fully saturated rings. The minimum absolute atomic E-state index is 0. The molecular formula is C54H66Cl2HfSi. The van der Waals surface area contributed by atoms with E-state index in [-0.39, 0.29) is 61.5 Å². The molecule has 0 spiro atoms. The van der Waals surface area contributed by atoms with Gasteiger partial charge in [0, 0.05) is 8.07 Å². The van der Waals surface area contributed by atoms with Crippen LogP contribution in [-0.2, 0) is 75.2 Å². The summed E-state index contributed by atoms with van der Waals surface area (Å²) < 4.78 is 0. The fraction of sp³-hybridized carbons (Fsp3) is 0.444. The number of fused-ring (bicyclic) bond motifs is 4. The quantitative estimate of drug-likeness (QED) is 0.109. The van der Waals surface area contributed by atoms with Crippen LogP contribution in [0.25, 0.3) is 43.8 Å². The Labute approximate surface area is 383 Å². The zero-order valence-electron chi connectivity index (χ0n) is 37.5. The molecule has 8 rings (SSSR count). The Bertz CT molecular complexity index is 2230. The van der Waals surface area contributed by atoms with Crippen LogP contribution in [0.1, 0.15) is 127 Å². The van der Waals surface area contributed by atoms with Crippen molar-refractivity contribution < 1.29 is 50.7 Å². The Morgan fingerprint density at radius 3 is 1.21 bits per heavy atom. The third-order valence-electron chi connectivity index (χ3n) is 13.2. The molecule has 0 unspecified atom stereocenters. The van der Waals surface area contributed by atoms with Crippen LogP contribution in [0.15, 0.2) is 72.8 Å². The van der Waals surface area contributed by atoms with Gasteiger partial charge in [0.1, 0.15) is 0 Å². The predicted molar refractivity (Wildman–Crippen MR) is 245 cm³/mol. The molecule has 0 aromatic heterocycles. The second-order valence-corrected chi connectivity index (χ2v) is 25.2. The fourth-order valence-corrected chi connectivity index (χ4v) is 14.8. The monoisotopic (exact) mass is 992 g/mol. The maximum atomic E-state index is 2.74. The summed E-state index contributed by atoms with van der Waals surface area (Å²) in [5.74, 6) is 1.18. The van der Waals surface area contributed by atoms with Crippen LogP contribution in [0, 0.1) is 11.8 Å². The van der Waals surface area contributed by atoms with Crippen LogP contribution in [0.2, 0.25) is 13.1 Å². The number of hydrogen-bond acceptors (Lipinski definition) is 0. The summed E-state index contributed by atoms with van der Waals surface area (Å²) in [4.78, 5) is 0.